The fraction of sp³-hybridized carbons (Fsp3) is 0.154. The molecule has 1 aromatic carbocycles. The van der Waals surface area contributed by atoms with Gasteiger partial charge in [-0.25, -0.2) is 4.79 Å². The number of aryl methyl sites for hydroxylation is 1. The second-order valence-corrected chi connectivity index (χ2v) is 6.62. The highest BCUT2D eigenvalue weighted by Crippen LogP contribution is 2.32. The molecule has 0 saturated heterocycles. The Labute approximate surface area is 128 Å². The number of carbonyl (C=O) groups is 1. The van der Waals surface area contributed by atoms with E-state index in [2.05, 4.69) is 21.2 Å². The molecule has 3 nitrogen and oxygen atoms in total. The van der Waals surface area contributed by atoms with Gasteiger partial charge in [-0.3, -0.25) is 0 Å². The Morgan fingerprint density at radius 2 is 2.21 bits per heavy atom. The van der Waals surface area contributed by atoms with Gasteiger partial charge >= 0.3 is 5.97 Å². The van der Waals surface area contributed by atoms with Crippen LogP contribution in [0.4, 0.5) is 5.69 Å². The number of aromatic carboxylic acids is 1. The monoisotopic (exact) mass is 359 g/mol. The van der Waals surface area contributed by atoms with Gasteiger partial charge in [0, 0.05) is 21.6 Å². The summed E-state index contributed by atoms with van der Waals surface area (Å²) in [5.74, 6) is -0.926. The van der Waals surface area contributed by atoms with E-state index in [1.165, 1.54) is 11.3 Å². The highest BCUT2D eigenvalue weighted by Gasteiger charge is 2.08. The topological polar surface area (TPSA) is 49.3 Å². The van der Waals surface area contributed by atoms with Gasteiger partial charge < -0.3 is 10.4 Å². The molecule has 0 aliphatic heterocycles. The van der Waals surface area contributed by atoms with Crippen LogP contribution in [0, 0.1) is 6.92 Å². The van der Waals surface area contributed by atoms with Crippen molar-refractivity contribution >= 4 is 50.5 Å². The molecule has 2 rings (SSSR count). The number of nitrogens with one attached hydrogen (secondary N) is 1. The van der Waals surface area contributed by atoms with E-state index in [1.54, 1.807) is 18.2 Å². The zero-order valence-electron chi connectivity index (χ0n) is 10.0. The van der Waals surface area contributed by atoms with Crippen molar-refractivity contribution in [1.82, 2.24) is 0 Å². The summed E-state index contributed by atoms with van der Waals surface area (Å²) in [6, 6.07) is 6.99. The standard InChI is InChI=1S/C13H11BrClNO2S/c1-7-2-3-8(13(17)18)4-11(7)16-6-9-5-10(14)12(15)19-9/h2-5,16H,6H2,1H3,(H,17,18). The molecule has 0 radical (unpaired) electrons. The number of carboxylic acid groups (broad SMARTS) is 1. The van der Waals surface area contributed by atoms with E-state index in [9.17, 15) is 4.79 Å². The van der Waals surface area contributed by atoms with E-state index in [4.69, 9.17) is 16.7 Å². The first-order valence-corrected chi connectivity index (χ1v) is 7.47. The first-order chi connectivity index (χ1) is 8.97. The summed E-state index contributed by atoms with van der Waals surface area (Å²) >= 11 is 10.8. The molecule has 2 N–H and O–H groups in total. The lowest BCUT2D eigenvalue weighted by molar-refractivity contribution is 0.0697. The third-order valence-electron chi connectivity index (χ3n) is 2.63. The number of anilines is 1. The molecule has 0 atom stereocenters. The van der Waals surface area contributed by atoms with Crippen LogP contribution in [0.1, 0.15) is 20.8 Å². The van der Waals surface area contributed by atoms with Gasteiger partial charge in [0.2, 0.25) is 0 Å². The summed E-state index contributed by atoms with van der Waals surface area (Å²) < 4.78 is 1.60. The first kappa shape index (κ1) is 14.4. The lowest BCUT2D eigenvalue weighted by atomic mass is 10.1. The van der Waals surface area contributed by atoms with Crippen molar-refractivity contribution in [1.29, 1.82) is 0 Å². The zero-order chi connectivity index (χ0) is 14.0. The number of rotatable bonds is 4. The second kappa shape index (κ2) is 5.94. The van der Waals surface area contributed by atoms with Crippen molar-refractivity contribution in [3.05, 3.63) is 49.1 Å². The number of thiophene rings is 1. The number of hydrogen-bond acceptors (Lipinski definition) is 3. The summed E-state index contributed by atoms with van der Waals surface area (Å²) in [5.41, 5.74) is 2.10. The van der Waals surface area contributed by atoms with Gasteiger partial charge in [-0.2, -0.15) is 0 Å². The Hall–Kier alpha value is -1.04. The van der Waals surface area contributed by atoms with Crippen LogP contribution >= 0.6 is 38.9 Å². The van der Waals surface area contributed by atoms with E-state index in [0.717, 1.165) is 20.6 Å². The van der Waals surface area contributed by atoms with Crippen molar-refractivity contribution in [3.63, 3.8) is 0 Å². The quantitative estimate of drug-likeness (QED) is 0.824. The minimum atomic E-state index is -0.926. The zero-order valence-corrected chi connectivity index (χ0v) is 13.2. The SMILES string of the molecule is Cc1ccc(C(=O)O)cc1NCc1cc(Br)c(Cl)s1. The molecule has 2 aromatic rings. The van der Waals surface area contributed by atoms with Gasteiger partial charge in [-0.05, 0) is 46.6 Å². The molecule has 19 heavy (non-hydrogen) atoms. The average molecular weight is 361 g/mol. The number of carboxylic acids is 1. The molecule has 6 heteroatoms. The third kappa shape index (κ3) is 3.49. The first-order valence-electron chi connectivity index (χ1n) is 5.49. The molecule has 1 heterocycles. The lowest BCUT2D eigenvalue weighted by Gasteiger charge is -2.09. The largest absolute Gasteiger partial charge is 0.478 e. The Balaban J connectivity index is 2.14. The number of hydrogen-bond donors (Lipinski definition) is 2. The molecule has 0 aliphatic carbocycles. The average Bonchev–Trinajstić information content (AvgIpc) is 2.67. The van der Waals surface area contributed by atoms with Crippen molar-refractivity contribution in [3.8, 4) is 0 Å². The summed E-state index contributed by atoms with van der Waals surface area (Å²) in [6.45, 7) is 2.55. The summed E-state index contributed by atoms with van der Waals surface area (Å²) in [4.78, 5) is 12.0. The Bertz CT molecular complexity index is 608. The predicted molar refractivity (Wildman–Crippen MR) is 82.5 cm³/mol. The van der Waals surface area contributed by atoms with Gasteiger partial charge in [0.15, 0.2) is 0 Å². The van der Waals surface area contributed by atoms with E-state index in [1.807, 2.05) is 13.0 Å². The minimum Gasteiger partial charge on any atom is -0.478 e. The van der Waals surface area contributed by atoms with Gasteiger partial charge in [-0.1, -0.05) is 17.7 Å². The van der Waals surface area contributed by atoms with Gasteiger partial charge in [-0.15, -0.1) is 11.3 Å². The van der Waals surface area contributed by atoms with Crippen molar-refractivity contribution in [2.75, 3.05) is 5.32 Å². The van der Waals surface area contributed by atoms with Crippen LogP contribution < -0.4 is 5.32 Å². The maximum absolute atomic E-state index is 10.9. The second-order valence-electron chi connectivity index (χ2n) is 4.02. The molecular formula is C13H11BrClNO2S. The Morgan fingerprint density at radius 1 is 1.47 bits per heavy atom. The van der Waals surface area contributed by atoms with E-state index >= 15 is 0 Å². The fourth-order valence-electron chi connectivity index (χ4n) is 1.61. The molecule has 0 fully saturated rings. The smallest absolute Gasteiger partial charge is 0.335 e. The molecule has 0 saturated carbocycles. The van der Waals surface area contributed by atoms with E-state index in [0.29, 0.717) is 10.9 Å². The summed E-state index contributed by atoms with van der Waals surface area (Å²) in [5, 5.41) is 12.2. The normalized spacial score (nSPS) is 10.5. The molecule has 0 bridgehead atoms. The van der Waals surface area contributed by atoms with Gasteiger partial charge in [0.25, 0.3) is 0 Å². The highest BCUT2D eigenvalue weighted by atomic mass is 79.9. The molecular weight excluding hydrogens is 350 g/mol. The highest BCUT2D eigenvalue weighted by molar-refractivity contribution is 9.10. The third-order valence-corrected chi connectivity index (χ3v) is 5.11. The number of benzene rings is 1. The molecule has 0 unspecified atom stereocenters. The fourth-order valence-corrected chi connectivity index (χ4v) is 3.34. The van der Waals surface area contributed by atoms with Gasteiger partial charge in [0.05, 0.1) is 5.56 Å². The molecule has 100 valence electrons. The lowest BCUT2D eigenvalue weighted by Crippen LogP contribution is -2.02. The maximum Gasteiger partial charge on any atom is 0.335 e. The van der Waals surface area contributed by atoms with Crippen LogP contribution in [0.25, 0.3) is 0 Å². The van der Waals surface area contributed by atoms with Crippen LogP contribution in [0.15, 0.2) is 28.7 Å². The Morgan fingerprint density at radius 3 is 2.79 bits per heavy atom. The van der Waals surface area contributed by atoms with Crippen LogP contribution in [-0.2, 0) is 6.54 Å². The van der Waals surface area contributed by atoms with E-state index in [-0.39, 0.29) is 5.56 Å². The Kier molecular flexibility index (Phi) is 4.50. The molecule has 0 amide bonds. The van der Waals surface area contributed by atoms with E-state index < -0.39 is 5.97 Å². The maximum atomic E-state index is 10.9. The van der Waals surface area contributed by atoms with Crippen LogP contribution in [0.3, 0.4) is 0 Å². The van der Waals surface area contributed by atoms with Crippen molar-refractivity contribution in [2.24, 2.45) is 0 Å². The van der Waals surface area contributed by atoms with Crippen molar-refractivity contribution < 1.29 is 9.90 Å². The predicted octanol–water partition coefficient (Wildman–Crippen LogP) is 4.78. The summed E-state index contributed by atoms with van der Waals surface area (Å²) in [7, 11) is 0. The molecule has 1 aromatic heterocycles. The summed E-state index contributed by atoms with van der Waals surface area (Å²) in [6.07, 6.45) is 0. The molecule has 0 spiro atoms. The van der Waals surface area contributed by atoms with Gasteiger partial charge in [0.1, 0.15) is 4.34 Å². The minimum absolute atomic E-state index is 0.276. The van der Waals surface area contributed by atoms with Crippen molar-refractivity contribution in [2.45, 2.75) is 13.5 Å². The molecule has 0 aliphatic rings. The van der Waals surface area contributed by atoms with Crippen LogP contribution in [-0.4, -0.2) is 11.1 Å². The van der Waals surface area contributed by atoms with Crippen LogP contribution in [0.5, 0.6) is 0 Å². The number of halogens is 2. The van der Waals surface area contributed by atoms with Crippen LogP contribution in [0.2, 0.25) is 4.34 Å².